The van der Waals surface area contributed by atoms with Gasteiger partial charge in [0.25, 0.3) is 0 Å². The van der Waals surface area contributed by atoms with Crippen LogP contribution in [-0.2, 0) is 0 Å². The molecule has 6 heteroatoms. The molecule has 0 amide bonds. The summed E-state index contributed by atoms with van der Waals surface area (Å²) in [5.41, 5.74) is 10.1. The van der Waals surface area contributed by atoms with Crippen molar-refractivity contribution in [1.29, 1.82) is 0 Å². The molecule has 0 spiro atoms. The number of allylic oxidation sites excluding steroid dienone is 2. The first kappa shape index (κ1) is 32.1. The minimum absolute atomic E-state index is 0.0553. The van der Waals surface area contributed by atoms with Crippen LogP contribution >= 0.6 is 11.3 Å². The van der Waals surface area contributed by atoms with Gasteiger partial charge in [0.2, 0.25) is 0 Å². The maximum atomic E-state index is 6.60. The maximum Gasteiger partial charge on any atom is 0.164 e. The third-order valence-electron chi connectivity index (χ3n) is 11.3. The second-order valence-corrected chi connectivity index (χ2v) is 15.8. The first-order valence-corrected chi connectivity index (χ1v) is 20.0. The highest BCUT2D eigenvalue weighted by molar-refractivity contribution is 7.25. The maximum absolute atomic E-state index is 6.60. The minimum atomic E-state index is -0.0553. The summed E-state index contributed by atoms with van der Waals surface area (Å²) in [6.45, 7) is 0. The summed E-state index contributed by atoms with van der Waals surface area (Å²) in [7, 11) is 0. The van der Waals surface area contributed by atoms with E-state index in [1.165, 1.54) is 25.7 Å². The van der Waals surface area contributed by atoms with Crippen LogP contribution in [-0.4, -0.2) is 21.1 Å². The number of benzene rings is 7. The Morgan fingerprint density at radius 1 is 0.491 bits per heavy atom. The van der Waals surface area contributed by atoms with Gasteiger partial charge in [0, 0.05) is 59.1 Å². The summed E-state index contributed by atoms with van der Waals surface area (Å²) < 4.78 is 15.5. The molecule has 1 aliphatic heterocycles. The molecule has 0 saturated carbocycles. The smallest absolute Gasteiger partial charge is 0.164 e. The molecule has 4 heterocycles. The van der Waals surface area contributed by atoms with Gasteiger partial charge in [-0.2, -0.15) is 0 Å². The first-order valence-electron chi connectivity index (χ1n) is 19.2. The first-order chi connectivity index (χ1) is 28.2. The standard InChI is InChI=1S/C51H31N3O2S/c1-2-9-30(10-3-1)31-17-19-32(20-18-31)49-52-50(35-23-26-43-41(27-35)36-11-4-6-14-42(36)55-43)54-51(53-49)40-13-8-15-44-48(40)39-25-22-33(28-45(39)56-44)34-21-24-38-37-12-5-7-16-46(37)57-47(38)29-34/h1-29,41,43H. The van der Waals surface area contributed by atoms with Crippen LogP contribution in [0.4, 0.5) is 0 Å². The number of para-hydroxylation sites is 1. The average molecular weight is 750 g/mol. The number of furan rings is 1. The van der Waals surface area contributed by atoms with Crippen LogP contribution in [0.1, 0.15) is 17.3 Å². The Morgan fingerprint density at radius 2 is 1.19 bits per heavy atom. The topological polar surface area (TPSA) is 61.0 Å². The number of thiophene rings is 1. The van der Waals surface area contributed by atoms with Crippen LogP contribution < -0.4 is 4.74 Å². The van der Waals surface area contributed by atoms with E-state index in [4.69, 9.17) is 24.1 Å². The molecule has 5 nitrogen and oxygen atoms in total. The van der Waals surface area contributed by atoms with E-state index in [9.17, 15) is 0 Å². The van der Waals surface area contributed by atoms with Crippen LogP contribution in [0.15, 0.2) is 180 Å². The Labute approximate surface area is 331 Å². The number of aromatic nitrogens is 3. The molecule has 0 radical (unpaired) electrons. The van der Waals surface area contributed by atoms with Crippen molar-refractivity contribution < 1.29 is 9.15 Å². The summed E-state index contributed by atoms with van der Waals surface area (Å²) in [6, 6.07) is 55.1. The van der Waals surface area contributed by atoms with Crippen LogP contribution in [0.2, 0.25) is 0 Å². The van der Waals surface area contributed by atoms with E-state index >= 15 is 0 Å². The van der Waals surface area contributed by atoms with Gasteiger partial charge in [0.1, 0.15) is 23.0 Å². The summed E-state index contributed by atoms with van der Waals surface area (Å²) in [4.78, 5) is 15.5. The fraction of sp³-hybridized carbons (Fsp3) is 0.0392. The Kier molecular flexibility index (Phi) is 7.16. The number of hydrogen-bond acceptors (Lipinski definition) is 6. The number of fused-ring (bicyclic) bond motifs is 9. The summed E-state index contributed by atoms with van der Waals surface area (Å²) in [6.07, 6.45) is 6.39. The predicted molar refractivity (Wildman–Crippen MR) is 232 cm³/mol. The monoisotopic (exact) mass is 749 g/mol. The largest absolute Gasteiger partial charge is 0.485 e. The van der Waals surface area contributed by atoms with Crippen molar-refractivity contribution in [2.45, 2.75) is 12.0 Å². The zero-order chi connectivity index (χ0) is 37.5. The molecule has 0 fully saturated rings. The van der Waals surface area contributed by atoms with Crippen molar-refractivity contribution in [3.63, 3.8) is 0 Å². The molecule has 2 atom stereocenters. The SMILES string of the molecule is C1=CC2Oc3ccccc3C2C=C1c1nc(-c2ccc(-c3ccccc3)cc2)nc(-c2cccc3oc4cc(-c5ccc6c(c5)sc5ccccc56)ccc4c23)n1. The minimum Gasteiger partial charge on any atom is -0.485 e. The molecular weight excluding hydrogens is 719 g/mol. The summed E-state index contributed by atoms with van der Waals surface area (Å²) in [5, 5.41) is 4.59. The third kappa shape index (κ3) is 5.33. The molecule has 57 heavy (non-hydrogen) atoms. The van der Waals surface area contributed by atoms with Gasteiger partial charge >= 0.3 is 0 Å². The lowest BCUT2D eigenvalue weighted by atomic mass is 9.89. The van der Waals surface area contributed by atoms with Crippen molar-refractivity contribution in [3.8, 4) is 50.8 Å². The lowest BCUT2D eigenvalue weighted by molar-refractivity contribution is 0.269. The number of nitrogens with zero attached hydrogens (tertiary/aromatic N) is 3. The molecule has 7 aromatic carbocycles. The fourth-order valence-corrected chi connectivity index (χ4v) is 9.64. The zero-order valence-electron chi connectivity index (χ0n) is 30.5. The molecule has 12 rings (SSSR count). The van der Waals surface area contributed by atoms with E-state index in [1.54, 1.807) is 0 Å². The lowest BCUT2D eigenvalue weighted by Gasteiger charge is -2.18. The number of ether oxygens (including phenoxy) is 1. The van der Waals surface area contributed by atoms with Gasteiger partial charge < -0.3 is 9.15 Å². The van der Waals surface area contributed by atoms with Crippen molar-refractivity contribution in [1.82, 2.24) is 15.0 Å². The van der Waals surface area contributed by atoms with E-state index in [2.05, 4.69) is 146 Å². The quantitative estimate of drug-likeness (QED) is 0.175. The van der Waals surface area contributed by atoms with E-state index in [0.717, 1.165) is 66.6 Å². The molecule has 0 saturated heterocycles. The Hall–Kier alpha value is -7.15. The van der Waals surface area contributed by atoms with Crippen LogP contribution in [0.3, 0.4) is 0 Å². The van der Waals surface area contributed by atoms with Gasteiger partial charge in [0.05, 0.1) is 0 Å². The summed E-state index contributed by atoms with van der Waals surface area (Å²) >= 11 is 1.83. The average Bonchev–Trinajstić information content (AvgIpc) is 3.97. The van der Waals surface area contributed by atoms with E-state index in [-0.39, 0.29) is 12.0 Å². The Morgan fingerprint density at radius 3 is 2.11 bits per heavy atom. The lowest BCUT2D eigenvalue weighted by Crippen LogP contribution is -2.17. The fourth-order valence-electron chi connectivity index (χ4n) is 8.49. The third-order valence-corrected chi connectivity index (χ3v) is 12.4. The predicted octanol–water partition coefficient (Wildman–Crippen LogP) is 13.3. The number of hydrogen-bond donors (Lipinski definition) is 0. The van der Waals surface area contributed by atoms with E-state index in [0.29, 0.717) is 17.5 Å². The molecular formula is C51H31N3O2S. The van der Waals surface area contributed by atoms with E-state index < -0.39 is 0 Å². The molecule has 0 N–H and O–H groups in total. The number of rotatable bonds is 5. The highest BCUT2D eigenvalue weighted by Crippen LogP contribution is 2.44. The second kappa shape index (κ2) is 12.7. The van der Waals surface area contributed by atoms with Gasteiger partial charge in [-0.3, -0.25) is 0 Å². The Bertz CT molecular complexity index is 3290. The van der Waals surface area contributed by atoms with Crippen molar-refractivity contribution >= 4 is 59.0 Å². The highest BCUT2D eigenvalue weighted by atomic mass is 32.1. The molecule has 10 aromatic rings. The molecule has 0 bridgehead atoms. The van der Waals surface area contributed by atoms with Crippen LogP contribution in [0, 0.1) is 0 Å². The molecule has 1 aliphatic carbocycles. The zero-order valence-corrected chi connectivity index (χ0v) is 31.3. The van der Waals surface area contributed by atoms with Gasteiger partial charge in [0.15, 0.2) is 17.5 Å². The summed E-state index contributed by atoms with van der Waals surface area (Å²) in [5.74, 6) is 2.81. The normalized spacial score (nSPS) is 15.9. The van der Waals surface area contributed by atoms with Gasteiger partial charge in [-0.15, -0.1) is 11.3 Å². The van der Waals surface area contributed by atoms with Gasteiger partial charge in [-0.05, 0) is 64.7 Å². The van der Waals surface area contributed by atoms with Crippen molar-refractivity contribution in [2.24, 2.45) is 0 Å². The molecule has 2 unspecified atom stereocenters. The molecule has 2 aliphatic rings. The van der Waals surface area contributed by atoms with E-state index in [1.807, 2.05) is 41.7 Å². The molecule has 268 valence electrons. The highest BCUT2D eigenvalue weighted by Gasteiger charge is 2.33. The van der Waals surface area contributed by atoms with Gasteiger partial charge in [-0.25, -0.2) is 15.0 Å². The van der Waals surface area contributed by atoms with Crippen molar-refractivity contribution in [2.75, 3.05) is 0 Å². The van der Waals surface area contributed by atoms with Gasteiger partial charge in [-0.1, -0.05) is 133 Å². The second-order valence-electron chi connectivity index (χ2n) is 14.7. The van der Waals surface area contributed by atoms with Crippen molar-refractivity contribution in [3.05, 3.63) is 187 Å². The van der Waals surface area contributed by atoms with Crippen LogP contribution in [0.5, 0.6) is 5.75 Å². The van der Waals surface area contributed by atoms with Crippen LogP contribution in [0.25, 0.3) is 92.7 Å². The molecule has 3 aromatic heterocycles. The Balaban J connectivity index is 0.990.